The molecule has 0 aliphatic carbocycles. The van der Waals surface area contributed by atoms with Crippen LogP contribution in [-0.2, 0) is 29.3 Å². The first-order chi connectivity index (χ1) is 17.8. The Balaban J connectivity index is 1.35. The van der Waals surface area contributed by atoms with E-state index in [4.69, 9.17) is 19.5 Å². The molecule has 198 valence electrons. The van der Waals surface area contributed by atoms with E-state index in [1.807, 2.05) is 0 Å². The number of benzene rings is 2. The summed E-state index contributed by atoms with van der Waals surface area (Å²) >= 11 is 0. The molecule has 1 aliphatic heterocycles. The van der Waals surface area contributed by atoms with E-state index in [2.05, 4.69) is 10.3 Å². The van der Waals surface area contributed by atoms with Crippen molar-refractivity contribution in [3.63, 3.8) is 0 Å². The first-order valence-electron chi connectivity index (χ1n) is 11.4. The Kier molecular flexibility index (Phi) is 9.98. The van der Waals surface area contributed by atoms with Crippen molar-refractivity contribution in [1.82, 2.24) is 4.31 Å². The van der Waals surface area contributed by atoms with Crippen molar-refractivity contribution in [1.29, 1.82) is 0 Å². The first kappa shape index (κ1) is 27.6. The summed E-state index contributed by atoms with van der Waals surface area (Å²) in [7, 11) is -3.89. The van der Waals surface area contributed by atoms with Crippen molar-refractivity contribution in [3.8, 4) is 5.75 Å². The van der Waals surface area contributed by atoms with E-state index in [-0.39, 0.29) is 18.0 Å². The van der Waals surface area contributed by atoms with Crippen molar-refractivity contribution in [3.05, 3.63) is 59.7 Å². The predicted molar refractivity (Wildman–Crippen MR) is 132 cm³/mol. The Hall–Kier alpha value is -3.97. The van der Waals surface area contributed by atoms with E-state index in [0.29, 0.717) is 37.2 Å². The van der Waals surface area contributed by atoms with Crippen LogP contribution in [0, 0.1) is 0 Å². The molecule has 12 nitrogen and oxygen atoms in total. The van der Waals surface area contributed by atoms with Crippen LogP contribution >= 0.6 is 0 Å². The number of sulfonamides is 1. The quantitative estimate of drug-likeness (QED) is 0.210. The molecule has 0 bridgehead atoms. The topological polar surface area (TPSA) is 164 Å². The summed E-state index contributed by atoms with van der Waals surface area (Å²) in [6.45, 7) is 0.352. The van der Waals surface area contributed by atoms with Gasteiger partial charge in [0.05, 0.1) is 17.3 Å². The minimum Gasteiger partial charge on any atom is -0.482 e. The number of hydrogen-bond acceptors (Lipinski definition) is 9. The van der Waals surface area contributed by atoms with Crippen LogP contribution in [-0.4, -0.2) is 79.7 Å². The monoisotopic (exact) mass is 533 g/mol. The molecule has 0 radical (unpaired) electrons. The SMILES string of the molecule is O=C(O)COc1ccc(C=NOCCCON=Cc2ccc(S(=O)(=O)N3CCCC3C(=O)O)cc2)cc1. The van der Waals surface area contributed by atoms with Crippen molar-refractivity contribution in [2.75, 3.05) is 26.4 Å². The largest absolute Gasteiger partial charge is 0.482 e. The van der Waals surface area contributed by atoms with Crippen molar-refractivity contribution in [2.45, 2.75) is 30.2 Å². The Morgan fingerprint density at radius 3 is 2.05 bits per heavy atom. The van der Waals surface area contributed by atoms with Crippen LogP contribution in [0.15, 0.2) is 63.7 Å². The molecule has 2 aromatic carbocycles. The summed E-state index contributed by atoms with van der Waals surface area (Å²) in [6, 6.07) is 11.6. The fourth-order valence-electron chi connectivity index (χ4n) is 3.42. The number of carbonyl (C=O) groups is 2. The predicted octanol–water partition coefficient (Wildman–Crippen LogP) is 2.18. The number of carboxylic acid groups (broad SMARTS) is 2. The first-order valence-corrected chi connectivity index (χ1v) is 12.8. The van der Waals surface area contributed by atoms with Crippen LogP contribution in [0.1, 0.15) is 30.4 Å². The van der Waals surface area contributed by atoms with E-state index in [9.17, 15) is 23.1 Å². The summed E-state index contributed by atoms with van der Waals surface area (Å²) in [4.78, 5) is 32.1. The molecule has 3 rings (SSSR count). The van der Waals surface area contributed by atoms with E-state index in [1.54, 1.807) is 36.4 Å². The number of ether oxygens (including phenoxy) is 1. The Morgan fingerprint density at radius 1 is 0.946 bits per heavy atom. The molecule has 1 saturated heterocycles. The average Bonchev–Trinajstić information content (AvgIpc) is 3.39. The molecule has 1 unspecified atom stereocenters. The summed E-state index contributed by atoms with van der Waals surface area (Å²) in [5, 5.41) is 25.5. The molecular formula is C24H27N3O9S. The molecular weight excluding hydrogens is 506 g/mol. The van der Waals surface area contributed by atoms with Gasteiger partial charge in [0.25, 0.3) is 0 Å². The zero-order valence-corrected chi connectivity index (χ0v) is 20.6. The van der Waals surface area contributed by atoms with E-state index >= 15 is 0 Å². The lowest BCUT2D eigenvalue weighted by molar-refractivity contribution is -0.141. The second kappa shape index (κ2) is 13.4. The number of nitrogens with zero attached hydrogens (tertiary/aromatic N) is 3. The second-order valence-electron chi connectivity index (χ2n) is 7.92. The molecule has 2 aromatic rings. The van der Waals surface area contributed by atoms with Gasteiger partial charge < -0.3 is 24.6 Å². The molecule has 1 heterocycles. The lowest BCUT2D eigenvalue weighted by Crippen LogP contribution is -2.40. The van der Waals surface area contributed by atoms with Gasteiger partial charge in [0.2, 0.25) is 10.0 Å². The van der Waals surface area contributed by atoms with Crippen LogP contribution in [0.5, 0.6) is 5.75 Å². The normalized spacial score (nSPS) is 16.3. The van der Waals surface area contributed by atoms with Gasteiger partial charge in [-0.05, 0) is 60.4 Å². The zero-order chi connectivity index (χ0) is 26.7. The minimum atomic E-state index is -3.89. The molecule has 2 N–H and O–H groups in total. The third-order valence-corrected chi connectivity index (χ3v) is 7.16. The van der Waals surface area contributed by atoms with Gasteiger partial charge in [0.1, 0.15) is 25.0 Å². The lowest BCUT2D eigenvalue weighted by Gasteiger charge is -2.20. The van der Waals surface area contributed by atoms with Gasteiger partial charge in [0.15, 0.2) is 6.61 Å². The number of carboxylic acids is 2. The summed E-state index contributed by atoms with van der Waals surface area (Å²) in [5.41, 5.74) is 1.37. The maximum absolute atomic E-state index is 12.8. The van der Waals surface area contributed by atoms with Gasteiger partial charge in [0, 0.05) is 13.0 Å². The van der Waals surface area contributed by atoms with Gasteiger partial charge in [-0.1, -0.05) is 22.4 Å². The van der Waals surface area contributed by atoms with Gasteiger partial charge >= 0.3 is 11.9 Å². The highest BCUT2D eigenvalue weighted by atomic mass is 32.2. The van der Waals surface area contributed by atoms with Crippen molar-refractivity contribution >= 4 is 34.4 Å². The molecule has 0 saturated carbocycles. The van der Waals surface area contributed by atoms with Gasteiger partial charge in [-0.25, -0.2) is 13.2 Å². The minimum absolute atomic E-state index is 0.0267. The van der Waals surface area contributed by atoms with Gasteiger partial charge in [-0.3, -0.25) is 4.79 Å². The third-order valence-electron chi connectivity index (χ3n) is 5.24. The molecule has 0 amide bonds. The second-order valence-corrected chi connectivity index (χ2v) is 9.81. The molecule has 1 fully saturated rings. The molecule has 37 heavy (non-hydrogen) atoms. The fraction of sp³-hybridized carbons (Fsp3) is 0.333. The van der Waals surface area contributed by atoms with Crippen LogP contribution in [0.3, 0.4) is 0 Å². The smallest absolute Gasteiger partial charge is 0.341 e. The number of hydrogen-bond donors (Lipinski definition) is 2. The standard InChI is InChI=1S/C24H27N3O9S/c28-23(29)17-34-20-8-4-18(5-9-20)15-25-35-13-2-14-36-26-16-19-6-10-21(11-7-19)37(32,33)27-12-1-3-22(27)24(30)31/h4-11,15-16,22H,1-3,12-14,17H2,(H,28,29)(H,30,31). The van der Waals surface area contributed by atoms with Gasteiger partial charge in [-0.2, -0.15) is 4.31 Å². The summed E-state index contributed by atoms with van der Waals surface area (Å²) in [5.74, 6) is -1.75. The highest BCUT2D eigenvalue weighted by Crippen LogP contribution is 2.26. The Morgan fingerprint density at radius 2 is 1.51 bits per heavy atom. The molecule has 1 aliphatic rings. The van der Waals surface area contributed by atoms with Crippen molar-refractivity contribution in [2.24, 2.45) is 10.3 Å². The van der Waals surface area contributed by atoms with Crippen LogP contribution in [0.25, 0.3) is 0 Å². The fourth-order valence-corrected chi connectivity index (χ4v) is 5.07. The van der Waals surface area contributed by atoms with E-state index in [0.717, 1.165) is 9.87 Å². The van der Waals surface area contributed by atoms with E-state index < -0.39 is 34.6 Å². The number of oxime groups is 2. The summed E-state index contributed by atoms with van der Waals surface area (Å²) < 4.78 is 31.6. The highest BCUT2D eigenvalue weighted by Gasteiger charge is 2.39. The van der Waals surface area contributed by atoms with Crippen LogP contribution in [0.4, 0.5) is 0 Å². The van der Waals surface area contributed by atoms with Crippen molar-refractivity contribution < 1.29 is 42.6 Å². The van der Waals surface area contributed by atoms with Crippen LogP contribution in [0.2, 0.25) is 0 Å². The average molecular weight is 534 g/mol. The van der Waals surface area contributed by atoms with Crippen LogP contribution < -0.4 is 4.74 Å². The Bertz CT molecular complexity index is 1210. The highest BCUT2D eigenvalue weighted by molar-refractivity contribution is 7.89. The molecule has 0 aromatic heterocycles. The van der Waals surface area contributed by atoms with Gasteiger partial charge in [-0.15, -0.1) is 0 Å². The molecule has 0 spiro atoms. The van der Waals surface area contributed by atoms with E-state index in [1.165, 1.54) is 24.6 Å². The third kappa shape index (κ3) is 8.29. The molecule has 13 heteroatoms. The lowest BCUT2D eigenvalue weighted by atomic mass is 10.2. The zero-order valence-electron chi connectivity index (χ0n) is 19.8. The summed E-state index contributed by atoms with van der Waals surface area (Å²) in [6.07, 6.45) is 4.28. The maximum atomic E-state index is 12.8. The Labute approximate surface area is 213 Å². The molecule has 1 atom stereocenters. The number of aliphatic carboxylic acids is 2. The maximum Gasteiger partial charge on any atom is 0.341 e. The number of rotatable bonds is 14.